The van der Waals surface area contributed by atoms with E-state index >= 15 is 0 Å². The molecule has 3 rings (SSSR count). The van der Waals surface area contributed by atoms with Crippen LogP contribution in [0.3, 0.4) is 0 Å². The van der Waals surface area contributed by atoms with Crippen molar-refractivity contribution in [1.29, 1.82) is 0 Å². The van der Waals surface area contributed by atoms with Gasteiger partial charge in [-0.1, -0.05) is 0 Å². The largest absolute Gasteiger partial charge is 0.473 e. The number of carbonyl (C=O) groups excluding carboxylic acids is 1. The van der Waals surface area contributed by atoms with E-state index in [4.69, 9.17) is 4.74 Å². The van der Waals surface area contributed by atoms with Crippen LogP contribution in [-0.2, 0) is 0 Å². The summed E-state index contributed by atoms with van der Waals surface area (Å²) in [7, 11) is 3.97. The van der Waals surface area contributed by atoms with E-state index in [2.05, 4.69) is 10.2 Å². The normalized spacial score (nSPS) is 15.2. The Hall–Kier alpha value is -2.63. The second kappa shape index (κ2) is 7.29. The summed E-state index contributed by atoms with van der Waals surface area (Å²) in [5, 5.41) is 7.75. The Morgan fingerprint density at radius 3 is 2.46 bits per heavy atom. The highest BCUT2D eigenvalue weighted by Crippen LogP contribution is 2.19. The molecule has 0 N–H and O–H groups in total. The maximum Gasteiger partial charge on any atom is 0.253 e. The van der Waals surface area contributed by atoms with Crippen molar-refractivity contribution in [2.45, 2.75) is 18.9 Å². The minimum Gasteiger partial charge on any atom is -0.473 e. The molecule has 1 aromatic carbocycles. The van der Waals surface area contributed by atoms with Crippen molar-refractivity contribution >= 4 is 11.6 Å². The van der Waals surface area contributed by atoms with Gasteiger partial charge in [-0.25, -0.2) is 0 Å². The Morgan fingerprint density at radius 2 is 1.88 bits per heavy atom. The summed E-state index contributed by atoms with van der Waals surface area (Å²) in [5.41, 5.74) is 1.82. The van der Waals surface area contributed by atoms with Gasteiger partial charge < -0.3 is 14.5 Å². The molecule has 0 bridgehead atoms. The zero-order chi connectivity index (χ0) is 16.9. The number of carbonyl (C=O) groups is 1. The van der Waals surface area contributed by atoms with E-state index in [0.29, 0.717) is 19.0 Å². The van der Waals surface area contributed by atoms with Gasteiger partial charge in [0.25, 0.3) is 5.91 Å². The number of aromatic nitrogens is 2. The molecular weight excluding hydrogens is 304 g/mol. The smallest absolute Gasteiger partial charge is 0.253 e. The topological polar surface area (TPSA) is 58.6 Å². The molecule has 0 aliphatic carbocycles. The van der Waals surface area contributed by atoms with Crippen LogP contribution in [0.25, 0.3) is 0 Å². The van der Waals surface area contributed by atoms with Crippen molar-refractivity contribution in [3.05, 3.63) is 48.2 Å². The molecule has 2 aromatic rings. The van der Waals surface area contributed by atoms with Gasteiger partial charge in [-0.05, 0) is 30.3 Å². The molecule has 24 heavy (non-hydrogen) atoms. The van der Waals surface area contributed by atoms with E-state index in [9.17, 15) is 4.79 Å². The number of amides is 1. The number of likely N-dealkylation sites (tertiary alicyclic amines) is 1. The Balaban J connectivity index is 1.55. The highest BCUT2D eigenvalue weighted by molar-refractivity contribution is 5.94. The molecule has 1 aromatic heterocycles. The molecule has 1 amide bonds. The first-order valence-corrected chi connectivity index (χ1v) is 8.14. The van der Waals surface area contributed by atoms with Crippen LogP contribution >= 0.6 is 0 Å². The molecule has 0 radical (unpaired) electrons. The van der Waals surface area contributed by atoms with Crippen LogP contribution in [0.15, 0.2) is 42.6 Å². The number of anilines is 1. The fourth-order valence-corrected chi connectivity index (χ4v) is 2.78. The Labute approximate surface area is 142 Å². The Kier molecular flexibility index (Phi) is 4.93. The summed E-state index contributed by atoms with van der Waals surface area (Å²) in [6.07, 6.45) is 3.31. The lowest BCUT2D eigenvalue weighted by molar-refractivity contribution is 0.0586. The summed E-state index contributed by atoms with van der Waals surface area (Å²) in [6.45, 7) is 1.39. The first-order chi connectivity index (χ1) is 11.6. The fraction of sp³-hybridized carbons (Fsp3) is 0.389. The van der Waals surface area contributed by atoms with Crippen molar-refractivity contribution in [3.63, 3.8) is 0 Å². The number of nitrogens with zero attached hydrogens (tertiary/aromatic N) is 4. The minimum atomic E-state index is 0.0817. The second-order valence-electron chi connectivity index (χ2n) is 6.11. The van der Waals surface area contributed by atoms with E-state index in [-0.39, 0.29) is 12.0 Å². The zero-order valence-electron chi connectivity index (χ0n) is 14.1. The number of hydrogen-bond donors (Lipinski definition) is 0. The third-order valence-corrected chi connectivity index (χ3v) is 4.20. The zero-order valence-corrected chi connectivity index (χ0v) is 14.1. The van der Waals surface area contributed by atoms with Gasteiger partial charge in [0.2, 0.25) is 5.88 Å². The van der Waals surface area contributed by atoms with Gasteiger partial charge in [-0.3, -0.25) is 4.79 Å². The van der Waals surface area contributed by atoms with E-state index in [1.54, 1.807) is 18.3 Å². The van der Waals surface area contributed by atoms with Crippen LogP contribution in [0.1, 0.15) is 23.2 Å². The van der Waals surface area contributed by atoms with E-state index in [1.807, 2.05) is 48.2 Å². The van der Waals surface area contributed by atoms with Gasteiger partial charge in [-0.2, -0.15) is 5.10 Å². The second-order valence-corrected chi connectivity index (χ2v) is 6.11. The maximum absolute atomic E-state index is 12.6. The van der Waals surface area contributed by atoms with E-state index < -0.39 is 0 Å². The fourth-order valence-electron chi connectivity index (χ4n) is 2.78. The maximum atomic E-state index is 12.6. The van der Waals surface area contributed by atoms with Crippen molar-refractivity contribution in [2.75, 3.05) is 32.1 Å². The highest BCUT2D eigenvalue weighted by Gasteiger charge is 2.25. The van der Waals surface area contributed by atoms with Crippen LogP contribution in [0.5, 0.6) is 5.88 Å². The Bertz CT molecular complexity index is 665. The summed E-state index contributed by atoms with van der Waals surface area (Å²) < 4.78 is 5.81. The third-order valence-electron chi connectivity index (χ3n) is 4.20. The van der Waals surface area contributed by atoms with Crippen LogP contribution in [0.2, 0.25) is 0 Å². The van der Waals surface area contributed by atoms with E-state index in [1.165, 1.54) is 0 Å². The molecule has 1 aliphatic rings. The molecule has 0 saturated carbocycles. The number of hydrogen-bond acceptors (Lipinski definition) is 5. The average molecular weight is 326 g/mol. The van der Waals surface area contributed by atoms with Gasteiger partial charge in [0, 0.05) is 63.5 Å². The van der Waals surface area contributed by atoms with Crippen molar-refractivity contribution in [1.82, 2.24) is 15.1 Å². The molecule has 0 unspecified atom stereocenters. The van der Waals surface area contributed by atoms with Gasteiger partial charge in [0.05, 0.1) is 0 Å². The lowest BCUT2D eigenvalue weighted by Gasteiger charge is -2.32. The molecule has 6 nitrogen and oxygen atoms in total. The molecular formula is C18H22N4O2. The van der Waals surface area contributed by atoms with Crippen molar-refractivity contribution in [2.24, 2.45) is 0 Å². The van der Waals surface area contributed by atoms with Crippen molar-refractivity contribution < 1.29 is 9.53 Å². The third kappa shape index (κ3) is 3.82. The average Bonchev–Trinajstić information content (AvgIpc) is 2.63. The molecule has 126 valence electrons. The summed E-state index contributed by atoms with van der Waals surface area (Å²) in [5.74, 6) is 0.625. The number of piperidine rings is 1. The summed E-state index contributed by atoms with van der Waals surface area (Å²) in [4.78, 5) is 16.5. The van der Waals surface area contributed by atoms with E-state index in [0.717, 1.165) is 24.1 Å². The molecule has 0 atom stereocenters. The van der Waals surface area contributed by atoms with Gasteiger partial charge >= 0.3 is 0 Å². The van der Waals surface area contributed by atoms with Crippen molar-refractivity contribution in [3.8, 4) is 5.88 Å². The minimum absolute atomic E-state index is 0.0817. The molecule has 6 heteroatoms. The van der Waals surface area contributed by atoms with Gasteiger partial charge in [0.1, 0.15) is 6.10 Å². The molecule has 1 saturated heterocycles. The molecule has 1 fully saturated rings. The van der Waals surface area contributed by atoms with Crippen LogP contribution in [0.4, 0.5) is 5.69 Å². The first-order valence-electron chi connectivity index (χ1n) is 8.14. The highest BCUT2D eigenvalue weighted by atomic mass is 16.5. The number of rotatable bonds is 4. The van der Waals surface area contributed by atoms with Crippen LogP contribution in [0, 0.1) is 0 Å². The molecule has 0 spiro atoms. The SMILES string of the molecule is CN(C)c1ccc(C(=O)N2CCC(Oc3cccnn3)CC2)cc1. The van der Waals surface area contributed by atoms with Gasteiger partial charge in [-0.15, -0.1) is 5.10 Å². The molecule has 2 heterocycles. The molecule has 1 aliphatic heterocycles. The lowest BCUT2D eigenvalue weighted by Crippen LogP contribution is -2.41. The van der Waals surface area contributed by atoms with Crippen LogP contribution < -0.4 is 9.64 Å². The van der Waals surface area contributed by atoms with Gasteiger partial charge in [0.15, 0.2) is 0 Å². The summed E-state index contributed by atoms with van der Waals surface area (Å²) in [6, 6.07) is 11.3. The quantitative estimate of drug-likeness (QED) is 0.862. The monoisotopic (exact) mass is 326 g/mol. The standard InChI is InChI=1S/C18H22N4O2/c1-21(2)15-7-5-14(6-8-15)18(23)22-12-9-16(10-13-22)24-17-4-3-11-19-20-17/h3-8,11,16H,9-10,12-13H2,1-2H3. The first kappa shape index (κ1) is 16.2. The predicted octanol–water partition coefficient (Wildman–Crippen LogP) is 2.23. The predicted molar refractivity (Wildman–Crippen MR) is 92.4 cm³/mol. The number of benzene rings is 1. The lowest BCUT2D eigenvalue weighted by atomic mass is 10.1. The summed E-state index contributed by atoms with van der Waals surface area (Å²) >= 11 is 0. The van der Waals surface area contributed by atoms with Crippen LogP contribution in [-0.4, -0.2) is 54.3 Å². The number of ether oxygens (including phenoxy) is 1. The Morgan fingerprint density at radius 1 is 1.17 bits per heavy atom.